The number of hydrogen-bond donors (Lipinski definition) is 2. The summed E-state index contributed by atoms with van der Waals surface area (Å²) in [6.07, 6.45) is 2.47. The van der Waals surface area contributed by atoms with Crippen molar-refractivity contribution in [2.45, 2.75) is 23.5 Å². The molecule has 7 heteroatoms. The van der Waals surface area contributed by atoms with E-state index >= 15 is 0 Å². The third-order valence-corrected chi connectivity index (χ3v) is 5.32. The molecule has 0 bridgehead atoms. The monoisotopic (exact) mass is 368 g/mol. The van der Waals surface area contributed by atoms with Crippen LogP contribution in [0.1, 0.15) is 17.2 Å². The molecule has 0 radical (unpaired) electrons. The van der Waals surface area contributed by atoms with Crippen LogP contribution in [0.2, 0.25) is 0 Å². The van der Waals surface area contributed by atoms with Crippen LogP contribution in [0.5, 0.6) is 0 Å². The molecule has 2 N–H and O–H groups in total. The molecule has 0 spiro atoms. The largest absolute Gasteiger partial charge is 0.391 e. The molecule has 0 amide bonds. The van der Waals surface area contributed by atoms with Crippen molar-refractivity contribution < 1.29 is 13.5 Å². The number of nitrogens with one attached hydrogen (secondary N) is 1. The second-order valence-electron chi connectivity index (χ2n) is 4.91. The molecule has 0 fully saturated rings. The molecular formula is C14H13BrN2O3S. The van der Waals surface area contributed by atoms with E-state index in [4.69, 9.17) is 0 Å². The van der Waals surface area contributed by atoms with Crippen molar-refractivity contribution in [1.82, 2.24) is 9.71 Å². The van der Waals surface area contributed by atoms with Crippen LogP contribution in [0.4, 0.5) is 0 Å². The molecule has 0 saturated heterocycles. The van der Waals surface area contributed by atoms with Crippen molar-refractivity contribution in [2.24, 2.45) is 0 Å². The first kappa shape index (κ1) is 14.6. The van der Waals surface area contributed by atoms with Gasteiger partial charge in [0, 0.05) is 23.3 Å². The Morgan fingerprint density at radius 2 is 2.05 bits per heavy atom. The number of pyridine rings is 1. The van der Waals surface area contributed by atoms with E-state index in [2.05, 4.69) is 25.6 Å². The highest BCUT2D eigenvalue weighted by molar-refractivity contribution is 9.10. The smallest absolute Gasteiger partial charge is 0.242 e. The molecule has 2 unspecified atom stereocenters. The predicted molar refractivity (Wildman–Crippen MR) is 81.2 cm³/mol. The van der Waals surface area contributed by atoms with Crippen LogP contribution in [-0.2, 0) is 16.4 Å². The lowest BCUT2D eigenvalue weighted by Gasteiger charge is -2.18. The molecule has 3 rings (SSSR count). The average molecular weight is 369 g/mol. The van der Waals surface area contributed by atoms with Crippen molar-refractivity contribution in [3.63, 3.8) is 0 Å². The molecule has 1 aliphatic rings. The van der Waals surface area contributed by atoms with Gasteiger partial charge in [0.1, 0.15) is 4.90 Å². The summed E-state index contributed by atoms with van der Waals surface area (Å²) in [4.78, 5) is 3.92. The molecular weight excluding hydrogens is 356 g/mol. The van der Waals surface area contributed by atoms with Crippen molar-refractivity contribution in [3.8, 4) is 0 Å². The molecule has 1 aromatic heterocycles. The van der Waals surface area contributed by atoms with E-state index in [0.717, 1.165) is 11.1 Å². The summed E-state index contributed by atoms with van der Waals surface area (Å²) < 4.78 is 28.0. The number of aliphatic hydroxyl groups excluding tert-OH is 1. The van der Waals surface area contributed by atoms with Crippen LogP contribution in [0.3, 0.4) is 0 Å². The van der Waals surface area contributed by atoms with Crippen LogP contribution in [0.25, 0.3) is 0 Å². The second-order valence-corrected chi connectivity index (χ2v) is 7.54. The number of benzene rings is 1. The van der Waals surface area contributed by atoms with E-state index in [0.29, 0.717) is 10.9 Å². The SMILES string of the molecule is O=S(=O)(NC1c2ccccc2CC1O)c1cncc(Br)c1. The van der Waals surface area contributed by atoms with Gasteiger partial charge >= 0.3 is 0 Å². The van der Waals surface area contributed by atoms with E-state index in [9.17, 15) is 13.5 Å². The van der Waals surface area contributed by atoms with Crippen molar-refractivity contribution in [3.05, 3.63) is 58.3 Å². The van der Waals surface area contributed by atoms with Crippen LogP contribution in [-0.4, -0.2) is 24.6 Å². The first-order chi connectivity index (χ1) is 9.97. The first-order valence-electron chi connectivity index (χ1n) is 6.36. The molecule has 110 valence electrons. The number of aromatic nitrogens is 1. The maximum absolute atomic E-state index is 12.4. The zero-order valence-electron chi connectivity index (χ0n) is 10.9. The number of sulfonamides is 1. The number of aliphatic hydroxyl groups is 1. The number of halogens is 1. The normalized spacial score (nSPS) is 21.2. The van der Waals surface area contributed by atoms with Gasteiger partial charge in [-0.3, -0.25) is 4.98 Å². The summed E-state index contributed by atoms with van der Waals surface area (Å²) in [5, 5.41) is 10.1. The summed E-state index contributed by atoms with van der Waals surface area (Å²) in [6.45, 7) is 0. The van der Waals surface area contributed by atoms with E-state index < -0.39 is 22.2 Å². The quantitative estimate of drug-likeness (QED) is 0.865. The summed E-state index contributed by atoms with van der Waals surface area (Å²) in [5.74, 6) is 0. The summed E-state index contributed by atoms with van der Waals surface area (Å²) >= 11 is 3.20. The Morgan fingerprint density at radius 3 is 2.81 bits per heavy atom. The molecule has 2 aromatic rings. The minimum Gasteiger partial charge on any atom is -0.391 e. The topological polar surface area (TPSA) is 79.3 Å². The maximum atomic E-state index is 12.4. The van der Waals surface area contributed by atoms with E-state index in [-0.39, 0.29) is 4.90 Å². The van der Waals surface area contributed by atoms with Crippen LogP contribution in [0.15, 0.2) is 52.1 Å². The van der Waals surface area contributed by atoms with Crippen LogP contribution >= 0.6 is 15.9 Å². The lowest BCUT2D eigenvalue weighted by atomic mass is 10.1. The highest BCUT2D eigenvalue weighted by Crippen LogP contribution is 2.32. The second kappa shape index (κ2) is 5.49. The molecule has 1 aromatic carbocycles. The van der Waals surface area contributed by atoms with Crippen molar-refractivity contribution in [1.29, 1.82) is 0 Å². The summed E-state index contributed by atoms with van der Waals surface area (Å²) in [6, 6.07) is 8.28. The molecule has 21 heavy (non-hydrogen) atoms. The van der Waals surface area contributed by atoms with Gasteiger partial charge in [-0.05, 0) is 33.1 Å². The Bertz CT molecular complexity index is 779. The Labute approximate surface area is 131 Å². The fraction of sp³-hybridized carbons (Fsp3) is 0.214. The van der Waals surface area contributed by atoms with Gasteiger partial charge in [-0.2, -0.15) is 0 Å². The molecule has 0 saturated carbocycles. The highest BCUT2D eigenvalue weighted by Gasteiger charge is 2.34. The molecule has 1 heterocycles. The maximum Gasteiger partial charge on any atom is 0.242 e. The Kier molecular flexibility index (Phi) is 3.83. The lowest BCUT2D eigenvalue weighted by molar-refractivity contribution is 0.151. The molecule has 0 aliphatic heterocycles. The van der Waals surface area contributed by atoms with Gasteiger partial charge in [-0.25, -0.2) is 13.1 Å². The first-order valence-corrected chi connectivity index (χ1v) is 8.64. The minimum absolute atomic E-state index is 0.0634. The van der Waals surface area contributed by atoms with Crippen LogP contribution < -0.4 is 4.72 Å². The molecule has 1 aliphatic carbocycles. The fourth-order valence-electron chi connectivity index (χ4n) is 2.49. The van der Waals surface area contributed by atoms with Gasteiger partial charge in [-0.1, -0.05) is 24.3 Å². The molecule has 5 nitrogen and oxygen atoms in total. The van der Waals surface area contributed by atoms with Crippen molar-refractivity contribution >= 4 is 26.0 Å². The standard InChI is InChI=1S/C14H13BrN2O3S/c15-10-6-11(8-16-7-10)21(19,20)17-14-12-4-2-1-3-9(12)5-13(14)18/h1-4,6-8,13-14,17-18H,5H2. The van der Waals surface area contributed by atoms with E-state index in [1.54, 1.807) is 0 Å². The Morgan fingerprint density at radius 1 is 1.29 bits per heavy atom. The average Bonchev–Trinajstić information content (AvgIpc) is 2.75. The van der Waals surface area contributed by atoms with Gasteiger partial charge in [-0.15, -0.1) is 0 Å². The zero-order chi connectivity index (χ0) is 15.0. The summed E-state index contributed by atoms with van der Waals surface area (Å²) in [7, 11) is -3.74. The Hall–Kier alpha value is -1.28. The number of fused-ring (bicyclic) bond motifs is 1. The number of rotatable bonds is 3. The van der Waals surface area contributed by atoms with Gasteiger partial charge < -0.3 is 5.11 Å². The van der Waals surface area contributed by atoms with E-state index in [1.807, 2.05) is 24.3 Å². The highest BCUT2D eigenvalue weighted by atomic mass is 79.9. The van der Waals surface area contributed by atoms with Gasteiger partial charge in [0.15, 0.2) is 0 Å². The Balaban J connectivity index is 1.93. The fourth-order valence-corrected chi connectivity index (χ4v) is 4.24. The van der Waals surface area contributed by atoms with Gasteiger partial charge in [0.05, 0.1) is 12.1 Å². The summed E-state index contributed by atoms with van der Waals surface area (Å²) in [5.41, 5.74) is 1.78. The minimum atomic E-state index is -3.74. The third kappa shape index (κ3) is 2.87. The third-order valence-electron chi connectivity index (χ3n) is 3.48. The zero-order valence-corrected chi connectivity index (χ0v) is 13.3. The van der Waals surface area contributed by atoms with Crippen molar-refractivity contribution in [2.75, 3.05) is 0 Å². The molecule has 2 atom stereocenters. The number of nitrogens with zero attached hydrogens (tertiary/aromatic N) is 1. The van der Waals surface area contributed by atoms with Gasteiger partial charge in [0.2, 0.25) is 10.0 Å². The lowest BCUT2D eigenvalue weighted by Crippen LogP contribution is -2.33. The van der Waals surface area contributed by atoms with Crippen LogP contribution in [0, 0.1) is 0 Å². The van der Waals surface area contributed by atoms with Gasteiger partial charge in [0.25, 0.3) is 0 Å². The van der Waals surface area contributed by atoms with E-state index in [1.165, 1.54) is 18.5 Å². The predicted octanol–water partition coefficient (Wildman–Crippen LogP) is 1.78. The number of hydrogen-bond acceptors (Lipinski definition) is 4.